The van der Waals surface area contributed by atoms with Gasteiger partial charge in [-0.1, -0.05) is 26.0 Å². The van der Waals surface area contributed by atoms with Crippen LogP contribution in [0.25, 0.3) is 21.7 Å². The van der Waals surface area contributed by atoms with E-state index in [4.69, 9.17) is 9.15 Å². The molecule has 11 nitrogen and oxygen atoms in total. The number of aromatic nitrogens is 3. The van der Waals surface area contributed by atoms with E-state index >= 15 is 0 Å². The number of amides is 2. The van der Waals surface area contributed by atoms with Gasteiger partial charge in [0, 0.05) is 32.8 Å². The lowest BCUT2D eigenvalue weighted by molar-refractivity contribution is -0.127. The molecule has 1 aliphatic rings. The van der Waals surface area contributed by atoms with Crippen LogP contribution in [0.3, 0.4) is 0 Å². The second kappa shape index (κ2) is 14.0. The van der Waals surface area contributed by atoms with Crippen LogP contribution < -0.4 is 10.9 Å². The van der Waals surface area contributed by atoms with Crippen molar-refractivity contribution >= 4 is 34.2 Å². The normalized spacial score (nSPS) is 16.6. The minimum atomic E-state index is -0.387. The van der Waals surface area contributed by atoms with Crippen LogP contribution in [0.1, 0.15) is 48.8 Å². The number of carbonyl (C=O) groups excluding carboxylic acids is 2. The summed E-state index contributed by atoms with van der Waals surface area (Å²) >= 11 is 1.29. The Morgan fingerprint density at radius 3 is 2.89 bits per heavy atom. The van der Waals surface area contributed by atoms with Gasteiger partial charge in [0.05, 0.1) is 39.6 Å². The minimum absolute atomic E-state index is 0.0806. The lowest BCUT2D eigenvalue weighted by Crippen LogP contribution is -2.40. The Labute approximate surface area is 259 Å². The summed E-state index contributed by atoms with van der Waals surface area (Å²) < 4.78 is 12.6. The molecule has 0 bridgehead atoms. The fraction of sp³-hybridized carbons (Fsp3) is 0.406. The summed E-state index contributed by atoms with van der Waals surface area (Å²) in [5.74, 6) is 0.0279. The number of carbonyl (C=O) groups is 2. The van der Waals surface area contributed by atoms with Gasteiger partial charge in [-0.3, -0.25) is 9.59 Å². The Morgan fingerprint density at radius 2 is 2.16 bits per heavy atom. The third-order valence-corrected chi connectivity index (χ3v) is 8.59. The smallest absolute Gasteiger partial charge is 0.290 e. The Balaban J connectivity index is 1.49. The number of hydrogen-bond donors (Lipinski definition) is 2. The molecule has 4 heterocycles. The number of nitrogens with one attached hydrogen (secondary N) is 2. The van der Waals surface area contributed by atoms with Crippen molar-refractivity contribution in [3.8, 4) is 16.7 Å². The summed E-state index contributed by atoms with van der Waals surface area (Å²) in [6.07, 6.45) is 6.29. The highest BCUT2D eigenvalue weighted by Gasteiger charge is 2.31. The number of H-pyrrole nitrogens is 1. The van der Waals surface area contributed by atoms with Crippen molar-refractivity contribution in [2.24, 2.45) is 10.9 Å². The van der Waals surface area contributed by atoms with Crippen LogP contribution >= 0.6 is 11.3 Å². The van der Waals surface area contributed by atoms with Crippen molar-refractivity contribution in [1.82, 2.24) is 24.8 Å². The molecule has 3 aromatic heterocycles. The molecule has 0 spiro atoms. The highest BCUT2D eigenvalue weighted by molar-refractivity contribution is 7.17. The predicted octanol–water partition coefficient (Wildman–Crippen LogP) is 4.65. The second-order valence-electron chi connectivity index (χ2n) is 11.3. The zero-order valence-corrected chi connectivity index (χ0v) is 26.2. The van der Waals surface area contributed by atoms with Gasteiger partial charge in [-0.15, -0.1) is 11.3 Å². The molecule has 2 atom stereocenters. The van der Waals surface area contributed by atoms with E-state index in [-0.39, 0.29) is 35.4 Å². The van der Waals surface area contributed by atoms with Gasteiger partial charge < -0.3 is 28.9 Å². The molecule has 0 aliphatic carbocycles. The van der Waals surface area contributed by atoms with E-state index < -0.39 is 0 Å². The summed E-state index contributed by atoms with van der Waals surface area (Å²) in [6.45, 7) is 8.21. The lowest BCUT2D eigenvalue weighted by Gasteiger charge is -2.25. The number of thiophene rings is 1. The quantitative estimate of drug-likeness (QED) is 0.185. The average molecular weight is 616 g/mol. The van der Waals surface area contributed by atoms with E-state index in [1.807, 2.05) is 42.7 Å². The maximum Gasteiger partial charge on any atom is 0.290 e. The second-order valence-corrected chi connectivity index (χ2v) is 12.4. The molecule has 0 unspecified atom stereocenters. The first-order valence-electron chi connectivity index (χ1n) is 14.7. The van der Waals surface area contributed by atoms with E-state index in [1.165, 1.54) is 17.7 Å². The number of likely N-dealkylation sites (tertiary alicyclic amines) is 1. The Bertz CT molecular complexity index is 1760. The van der Waals surface area contributed by atoms with Gasteiger partial charge in [0.2, 0.25) is 5.62 Å². The number of oxazole rings is 1. The first kappa shape index (κ1) is 31.1. The van der Waals surface area contributed by atoms with Gasteiger partial charge in [-0.05, 0) is 55.5 Å². The van der Waals surface area contributed by atoms with Crippen molar-refractivity contribution in [2.45, 2.75) is 58.8 Å². The molecule has 1 saturated heterocycles. The van der Waals surface area contributed by atoms with Crippen LogP contribution in [0.15, 0.2) is 64.0 Å². The third kappa shape index (κ3) is 7.07. The van der Waals surface area contributed by atoms with Crippen molar-refractivity contribution < 1.29 is 18.7 Å². The van der Waals surface area contributed by atoms with E-state index in [0.717, 1.165) is 34.3 Å². The monoisotopic (exact) mass is 615 g/mol. The molecule has 0 radical (unpaired) electrons. The van der Waals surface area contributed by atoms with E-state index in [1.54, 1.807) is 30.3 Å². The number of benzene rings is 1. The van der Waals surface area contributed by atoms with Crippen LogP contribution in [0.2, 0.25) is 0 Å². The minimum Gasteiger partial charge on any atom is -0.443 e. The van der Waals surface area contributed by atoms with Crippen LogP contribution in [0.5, 0.6) is 0 Å². The van der Waals surface area contributed by atoms with Crippen molar-refractivity contribution in [2.75, 3.05) is 20.3 Å². The number of nitriles is 1. The topological polar surface area (TPSA) is 142 Å². The van der Waals surface area contributed by atoms with Gasteiger partial charge >= 0.3 is 0 Å². The zero-order valence-electron chi connectivity index (χ0n) is 25.4. The number of methoxy groups -OCH3 is 1. The molecular weight excluding hydrogens is 578 g/mol. The third-order valence-electron chi connectivity index (χ3n) is 7.51. The van der Waals surface area contributed by atoms with Crippen LogP contribution in [-0.2, 0) is 22.6 Å². The zero-order chi connectivity index (χ0) is 31.2. The molecule has 2 amide bonds. The molecule has 1 aromatic carbocycles. The molecule has 1 fully saturated rings. The highest BCUT2D eigenvalue weighted by atomic mass is 32.1. The number of fused-ring (bicyclic) bond motifs is 1. The largest absolute Gasteiger partial charge is 0.443 e. The number of imidazole rings is 1. The van der Waals surface area contributed by atoms with Crippen molar-refractivity contribution in [3.63, 3.8) is 0 Å². The number of aromatic amines is 1. The molecule has 230 valence electrons. The van der Waals surface area contributed by atoms with Gasteiger partial charge in [-0.2, -0.15) is 10.3 Å². The standard InChI is InChI=1S/C32H37N7O4S/c1-20(2)12-23(14-33)31(41)38-11-5-6-24(38)17-39-26-8-7-22(15-35-21(3)18-42-4)13-25(26)36-32(39)37-30(40)29-10-9-28(44-29)27-16-34-19-43-27/h7-10,12-13,16,19-21,24,35H,5-6,11,15,17-18H2,1-4H3,(H,36,37,40)/b23-12+/t21-,24+/m0/s1. The number of hydrogen-bond acceptors (Lipinski definition) is 8. The van der Waals surface area contributed by atoms with E-state index in [9.17, 15) is 14.9 Å². The van der Waals surface area contributed by atoms with Gasteiger partial charge in [0.15, 0.2) is 12.2 Å². The lowest BCUT2D eigenvalue weighted by atomic mass is 10.1. The van der Waals surface area contributed by atoms with Crippen molar-refractivity contribution in [1.29, 1.82) is 5.26 Å². The number of nitrogens with zero attached hydrogens (tertiary/aromatic N) is 5. The SMILES string of the molecule is COC[C@H](C)NCc1ccc2c(c1)[nH]/c(=N\C(=O)c1ccc(-c3cnco3)s1)n2C[C@H]1CCCN1C(=O)/C(C#N)=C/C(C)C. The summed E-state index contributed by atoms with van der Waals surface area (Å²) in [4.78, 5) is 41.7. The summed E-state index contributed by atoms with van der Waals surface area (Å²) in [6, 6.07) is 11.8. The number of ether oxygens (including phenoxy) is 1. The number of allylic oxidation sites excluding steroid dienone is 1. The van der Waals surface area contributed by atoms with E-state index in [2.05, 4.69) is 33.3 Å². The number of rotatable bonds is 11. The molecule has 12 heteroatoms. The maximum absolute atomic E-state index is 13.4. The maximum atomic E-state index is 13.4. The molecule has 1 aliphatic heterocycles. The fourth-order valence-corrected chi connectivity index (χ4v) is 6.27. The average Bonchev–Trinajstić information content (AvgIpc) is 3.82. The molecule has 5 rings (SSSR count). The summed E-state index contributed by atoms with van der Waals surface area (Å²) in [5.41, 5.74) is 3.33. The van der Waals surface area contributed by atoms with Gasteiger partial charge in [0.25, 0.3) is 11.8 Å². The Morgan fingerprint density at radius 1 is 1.32 bits per heavy atom. The van der Waals surface area contributed by atoms with Crippen molar-refractivity contribution in [3.05, 3.63) is 70.6 Å². The molecule has 44 heavy (non-hydrogen) atoms. The molecule has 0 saturated carbocycles. The Hall–Kier alpha value is -4.31. The van der Waals surface area contributed by atoms with Crippen LogP contribution in [-0.4, -0.2) is 63.6 Å². The van der Waals surface area contributed by atoms with Crippen LogP contribution in [0, 0.1) is 17.2 Å². The molecular formula is C32H37N7O4S. The van der Waals surface area contributed by atoms with E-state index in [0.29, 0.717) is 42.5 Å². The summed E-state index contributed by atoms with van der Waals surface area (Å²) in [7, 11) is 1.68. The fourth-order valence-electron chi connectivity index (χ4n) is 5.43. The van der Waals surface area contributed by atoms with Crippen LogP contribution in [0.4, 0.5) is 0 Å². The summed E-state index contributed by atoms with van der Waals surface area (Å²) in [5, 5.41) is 13.1. The first-order valence-corrected chi connectivity index (χ1v) is 15.5. The van der Waals surface area contributed by atoms with Gasteiger partial charge in [-0.25, -0.2) is 4.98 Å². The highest BCUT2D eigenvalue weighted by Crippen LogP contribution is 2.28. The molecule has 4 aromatic rings. The predicted molar refractivity (Wildman–Crippen MR) is 167 cm³/mol. The first-order chi connectivity index (χ1) is 21.3. The molecule has 2 N–H and O–H groups in total. The Kier molecular flexibility index (Phi) is 9.89. The van der Waals surface area contributed by atoms with Gasteiger partial charge in [0.1, 0.15) is 11.6 Å².